The Kier molecular flexibility index (Phi) is 5.00. The van der Waals surface area contributed by atoms with Crippen LogP contribution >= 0.6 is 0 Å². The first kappa shape index (κ1) is 13.0. The molecule has 92 valence electrons. The third-order valence-corrected chi connectivity index (χ3v) is 1.98. The fourth-order valence-electron chi connectivity index (χ4n) is 1.23. The minimum atomic E-state index is -0.924. The number of aliphatic carboxylic acids is 1. The summed E-state index contributed by atoms with van der Waals surface area (Å²) in [5, 5.41) is 8.49. The lowest BCUT2D eigenvalue weighted by Gasteiger charge is -2.11. The first-order valence-electron chi connectivity index (χ1n) is 5.24. The lowest BCUT2D eigenvalue weighted by atomic mass is 10.2. The van der Waals surface area contributed by atoms with Crippen molar-refractivity contribution in [1.29, 1.82) is 0 Å². The summed E-state index contributed by atoms with van der Waals surface area (Å²) in [6.45, 7) is 2.32. The van der Waals surface area contributed by atoms with Crippen LogP contribution in [-0.4, -0.2) is 30.6 Å². The zero-order valence-electron chi connectivity index (χ0n) is 9.51. The number of carboxylic acids is 1. The number of carbonyl (C=O) groups is 2. The summed E-state index contributed by atoms with van der Waals surface area (Å²) in [5.41, 5.74) is 0.485. The SMILES string of the molecule is CCOc1cc(C=O)ccc1OCCC(=O)O. The average Bonchev–Trinajstić information content (AvgIpc) is 2.31. The van der Waals surface area contributed by atoms with Crippen molar-refractivity contribution in [2.24, 2.45) is 0 Å². The molecule has 0 spiro atoms. The molecule has 1 aromatic carbocycles. The quantitative estimate of drug-likeness (QED) is 0.732. The summed E-state index contributed by atoms with van der Waals surface area (Å²) in [5.74, 6) is -0.0336. The second-order valence-electron chi connectivity index (χ2n) is 3.25. The Morgan fingerprint density at radius 3 is 2.71 bits per heavy atom. The maximum Gasteiger partial charge on any atom is 0.306 e. The molecule has 0 heterocycles. The van der Waals surface area contributed by atoms with E-state index in [1.54, 1.807) is 18.2 Å². The van der Waals surface area contributed by atoms with Gasteiger partial charge in [-0.1, -0.05) is 0 Å². The molecule has 0 aromatic heterocycles. The van der Waals surface area contributed by atoms with Gasteiger partial charge in [0.25, 0.3) is 0 Å². The maximum absolute atomic E-state index is 10.6. The summed E-state index contributed by atoms with van der Waals surface area (Å²) in [7, 11) is 0. The van der Waals surface area contributed by atoms with Crippen LogP contribution in [0.1, 0.15) is 23.7 Å². The van der Waals surface area contributed by atoms with Gasteiger partial charge in [0.15, 0.2) is 11.5 Å². The number of carboxylic acid groups (broad SMARTS) is 1. The highest BCUT2D eigenvalue weighted by Gasteiger charge is 2.07. The Balaban J connectivity index is 2.75. The number of benzene rings is 1. The molecule has 17 heavy (non-hydrogen) atoms. The number of ether oxygens (including phenoxy) is 2. The van der Waals surface area contributed by atoms with E-state index in [4.69, 9.17) is 14.6 Å². The van der Waals surface area contributed by atoms with Crippen molar-refractivity contribution >= 4 is 12.3 Å². The Bertz CT molecular complexity index is 400. The number of carbonyl (C=O) groups excluding carboxylic acids is 1. The van der Waals surface area contributed by atoms with Crippen molar-refractivity contribution in [1.82, 2.24) is 0 Å². The summed E-state index contributed by atoms with van der Waals surface area (Å²) < 4.78 is 10.6. The molecule has 0 unspecified atom stereocenters. The first-order chi connectivity index (χ1) is 8.17. The molecule has 0 saturated carbocycles. The standard InChI is InChI=1S/C12H14O5/c1-2-16-11-7-9(8-13)3-4-10(11)17-6-5-12(14)15/h3-4,7-8H,2,5-6H2,1H3,(H,14,15). The van der Waals surface area contributed by atoms with Crippen molar-refractivity contribution in [2.45, 2.75) is 13.3 Å². The lowest BCUT2D eigenvalue weighted by Crippen LogP contribution is -2.06. The largest absolute Gasteiger partial charge is 0.490 e. The summed E-state index contributed by atoms with van der Waals surface area (Å²) in [6.07, 6.45) is 0.630. The minimum Gasteiger partial charge on any atom is -0.490 e. The van der Waals surface area contributed by atoms with Crippen molar-refractivity contribution in [3.05, 3.63) is 23.8 Å². The molecular formula is C12H14O5. The fraction of sp³-hybridized carbons (Fsp3) is 0.333. The van der Waals surface area contributed by atoms with Crippen LogP contribution in [-0.2, 0) is 4.79 Å². The van der Waals surface area contributed by atoms with Gasteiger partial charge in [0, 0.05) is 5.56 Å². The Morgan fingerprint density at radius 1 is 1.35 bits per heavy atom. The summed E-state index contributed by atoms with van der Waals surface area (Å²) in [6, 6.07) is 4.74. The monoisotopic (exact) mass is 238 g/mol. The molecule has 0 aliphatic rings. The normalized spacial score (nSPS) is 9.71. The molecule has 0 fully saturated rings. The number of hydrogen-bond acceptors (Lipinski definition) is 4. The Hall–Kier alpha value is -2.04. The van der Waals surface area contributed by atoms with Crippen LogP contribution in [0.15, 0.2) is 18.2 Å². The second kappa shape index (κ2) is 6.52. The predicted octanol–water partition coefficient (Wildman–Crippen LogP) is 1.75. The van der Waals surface area contributed by atoms with Crippen molar-refractivity contribution < 1.29 is 24.2 Å². The van der Waals surface area contributed by atoms with E-state index in [1.165, 1.54) is 0 Å². The molecule has 0 atom stereocenters. The highest BCUT2D eigenvalue weighted by atomic mass is 16.5. The Morgan fingerprint density at radius 2 is 2.12 bits per heavy atom. The van der Waals surface area contributed by atoms with E-state index in [-0.39, 0.29) is 13.0 Å². The zero-order chi connectivity index (χ0) is 12.7. The van der Waals surface area contributed by atoms with Gasteiger partial charge in [0.1, 0.15) is 6.29 Å². The van der Waals surface area contributed by atoms with Gasteiger partial charge in [0.05, 0.1) is 19.6 Å². The number of aldehydes is 1. The topological polar surface area (TPSA) is 72.8 Å². The highest BCUT2D eigenvalue weighted by Crippen LogP contribution is 2.28. The van der Waals surface area contributed by atoms with Crippen LogP contribution in [0, 0.1) is 0 Å². The third-order valence-electron chi connectivity index (χ3n) is 1.98. The average molecular weight is 238 g/mol. The van der Waals surface area contributed by atoms with Crippen LogP contribution < -0.4 is 9.47 Å². The van der Waals surface area contributed by atoms with E-state index in [9.17, 15) is 9.59 Å². The van der Waals surface area contributed by atoms with Gasteiger partial charge in [-0.05, 0) is 25.1 Å². The van der Waals surface area contributed by atoms with E-state index in [0.717, 1.165) is 0 Å². The van der Waals surface area contributed by atoms with Crippen molar-refractivity contribution in [3.8, 4) is 11.5 Å². The molecule has 5 nitrogen and oxygen atoms in total. The summed E-state index contributed by atoms with van der Waals surface area (Å²) in [4.78, 5) is 20.9. The molecule has 0 aliphatic heterocycles. The van der Waals surface area contributed by atoms with Crippen LogP contribution in [0.4, 0.5) is 0 Å². The maximum atomic E-state index is 10.6. The lowest BCUT2D eigenvalue weighted by molar-refractivity contribution is -0.137. The van der Waals surface area contributed by atoms with Gasteiger partial charge in [0.2, 0.25) is 0 Å². The second-order valence-corrected chi connectivity index (χ2v) is 3.25. The first-order valence-corrected chi connectivity index (χ1v) is 5.24. The molecule has 1 rings (SSSR count). The van der Waals surface area contributed by atoms with E-state index < -0.39 is 5.97 Å². The molecule has 1 aromatic rings. The molecular weight excluding hydrogens is 224 g/mol. The minimum absolute atomic E-state index is 0.0653. The van der Waals surface area contributed by atoms with Gasteiger partial charge in [-0.3, -0.25) is 9.59 Å². The fourth-order valence-corrected chi connectivity index (χ4v) is 1.23. The van der Waals surface area contributed by atoms with Crippen molar-refractivity contribution in [2.75, 3.05) is 13.2 Å². The van der Waals surface area contributed by atoms with Crippen LogP contribution in [0.5, 0.6) is 11.5 Å². The van der Waals surface area contributed by atoms with Gasteiger partial charge in [-0.2, -0.15) is 0 Å². The molecule has 0 radical (unpaired) electrons. The molecule has 0 amide bonds. The molecule has 1 N–H and O–H groups in total. The number of rotatable bonds is 7. The van der Waals surface area contributed by atoms with Crippen LogP contribution in [0.25, 0.3) is 0 Å². The van der Waals surface area contributed by atoms with Crippen LogP contribution in [0.2, 0.25) is 0 Å². The highest BCUT2D eigenvalue weighted by molar-refractivity contribution is 5.76. The summed E-state index contributed by atoms with van der Waals surface area (Å²) >= 11 is 0. The van der Waals surface area contributed by atoms with E-state index in [1.807, 2.05) is 6.92 Å². The smallest absolute Gasteiger partial charge is 0.306 e. The van der Waals surface area contributed by atoms with E-state index >= 15 is 0 Å². The van der Waals surface area contributed by atoms with Gasteiger partial charge in [-0.15, -0.1) is 0 Å². The molecule has 0 saturated heterocycles. The number of hydrogen-bond donors (Lipinski definition) is 1. The van der Waals surface area contributed by atoms with Gasteiger partial charge < -0.3 is 14.6 Å². The van der Waals surface area contributed by atoms with E-state index in [2.05, 4.69) is 0 Å². The van der Waals surface area contributed by atoms with Crippen molar-refractivity contribution in [3.63, 3.8) is 0 Å². The molecule has 0 bridgehead atoms. The van der Waals surface area contributed by atoms with Crippen LogP contribution in [0.3, 0.4) is 0 Å². The zero-order valence-corrected chi connectivity index (χ0v) is 9.51. The third kappa shape index (κ3) is 4.14. The van der Waals surface area contributed by atoms with Gasteiger partial charge >= 0.3 is 5.97 Å². The molecule has 5 heteroatoms. The Labute approximate surface area is 99.0 Å². The predicted molar refractivity (Wildman–Crippen MR) is 60.7 cm³/mol. The van der Waals surface area contributed by atoms with Gasteiger partial charge in [-0.25, -0.2) is 0 Å². The van der Waals surface area contributed by atoms with E-state index in [0.29, 0.717) is 30.0 Å². The molecule has 0 aliphatic carbocycles.